The van der Waals surface area contributed by atoms with Gasteiger partial charge in [0.1, 0.15) is 6.61 Å². The first kappa shape index (κ1) is 50.3. The molecule has 2 atom stereocenters. The van der Waals surface area contributed by atoms with Crippen molar-refractivity contribution in [1.82, 2.24) is 0 Å². The van der Waals surface area contributed by atoms with Gasteiger partial charge in [-0.05, 0) is 70.6 Å². The number of hydrogen-bond acceptors (Lipinski definition) is 7. The molecule has 9 heteroatoms. The molecule has 52 heavy (non-hydrogen) atoms. The van der Waals surface area contributed by atoms with Gasteiger partial charge in [-0.3, -0.25) is 18.6 Å². The molecule has 0 saturated heterocycles. The lowest BCUT2D eigenvalue weighted by atomic mass is 10.1. The number of phosphoric ester groups is 1. The van der Waals surface area contributed by atoms with Crippen LogP contribution in [-0.4, -0.2) is 43.3 Å². The van der Waals surface area contributed by atoms with Gasteiger partial charge < -0.3 is 14.4 Å². The zero-order valence-electron chi connectivity index (χ0n) is 33.7. The largest absolute Gasteiger partial charge is 0.472 e. The lowest BCUT2D eigenvalue weighted by Crippen LogP contribution is -2.29. The van der Waals surface area contributed by atoms with E-state index in [4.69, 9.17) is 14.0 Å². The molecule has 1 N–H and O–H groups in total. The Labute approximate surface area is 319 Å². The van der Waals surface area contributed by atoms with Crippen molar-refractivity contribution in [2.24, 2.45) is 0 Å². The Balaban J connectivity index is 4.03. The fourth-order valence-corrected chi connectivity index (χ4v) is 6.26. The summed E-state index contributed by atoms with van der Waals surface area (Å²) in [6, 6.07) is 0. The monoisotopic (exact) mass is 755 g/mol. The van der Waals surface area contributed by atoms with Crippen LogP contribution in [0, 0.1) is 0 Å². The molecule has 2 unspecified atom stereocenters. The topological polar surface area (TPSA) is 108 Å². The highest BCUT2D eigenvalue weighted by atomic mass is 31.2. The Hall–Kier alpha value is -1.73. The van der Waals surface area contributed by atoms with E-state index in [9.17, 15) is 19.0 Å². The van der Waals surface area contributed by atoms with E-state index < -0.39 is 26.5 Å². The molecule has 0 aromatic rings. The van der Waals surface area contributed by atoms with Crippen LogP contribution in [0.1, 0.15) is 200 Å². The molecule has 0 amide bonds. The summed E-state index contributed by atoms with van der Waals surface area (Å²) in [5.74, 6) is -0.822. The molecule has 0 heterocycles. The average Bonchev–Trinajstić information content (AvgIpc) is 3.13. The molecule has 0 aromatic heterocycles. The molecular formula is C43H79O8P. The van der Waals surface area contributed by atoms with E-state index in [0.29, 0.717) is 6.42 Å². The predicted molar refractivity (Wildman–Crippen MR) is 216 cm³/mol. The van der Waals surface area contributed by atoms with Gasteiger partial charge in [0.05, 0.1) is 6.61 Å². The second kappa shape index (κ2) is 39.0. The molecular weight excluding hydrogens is 675 g/mol. The SMILES string of the molecule is CCCCCC/C=C\C/C=C\CCCCCCCC(=O)OC(COC(=O)CCCCCCCCC/C=C\CCCCCCCC)COP(=O)(O)OC. The Kier molecular flexibility index (Phi) is 37.7. The number of rotatable bonds is 39. The fraction of sp³-hybridized carbons (Fsp3) is 0.814. The molecule has 0 saturated carbocycles. The first-order valence-electron chi connectivity index (χ1n) is 21.2. The van der Waals surface area contributed by atoms with E-state index in [1.165, 1.54) is 109 Å². The van der Waals surface area contributed by atoms with Crippen LogP contribution >= 0.6 is 7.82 Å². The third-order valence-electron chi connectivity index (χ3n) is 9.11. The number of carbonyl (C=O) groups excluding carboxylic acids is 2. The summed E-state index contributed by atoms with van der Waals surface area (Å²) >= 11 is 0. The van der Waals surface area contributed by atoms with E-state index in [1.807, 2.05) is 0 Å². The number of carbonyl (C=O) groups is 2. The smallest absolute Gasteiger partial charge is 0.462 e. The number of hydrogen-bond donors (Lipinski definition) is 1. The third kappa shape index (κ3) is 38.0. The number of esters is 2. The molecule has 0 rings (SSSR count). The van der Waals surface area contributed by atoms with Crippen molar-refractivity contribution in [2.75, 3.05) is 20.3 Å². The minimum Gasteiger partial charge on any atom is -0.462 e. The molecule has 0 bridgehead atoms. The number of phosphoric acid groups is 1. The quantitative estimate of drug-likeness (QED) is 0.0286. The lowest BCUT2D eigenvalue weighted by molar-refractivity contribution is -0.161. The molecule has 0 fully saturated rings. The molecule has 0 radical (unpaired) electrons. The van der Waals surface area contributed by atoms with Gasteiger partial charge in [0, 0.05) is 20.0 Å². The number of allylic oxidation sites excluding steroid dienone is 6. The average molecular weight is 755 g/mol. The number of unbranched alkanes of at least 4 members (excludes halogenated alkanes) is 22. The van der Waals surface area contributed by atoms with Crippen molar-refractivity contribution in [3.63, 3.8) is 0 Å². The molecule has 0 aromatic carbocycles. The van der Waals surface area contributed by atoms with E-state index in [2.05, 4.69) is 54.8 Å². The second-order valence-corrected chi connectivity index (χ2v) is 15.7. The van der Waals surface area contributed by atoms with E-state index in [1.54, 1.807) is 0 Å². The summed E-state index contributed by atoms with van der Waals surface area (Å²) < 4.78 is 32.0. The highest BCUT2D eigenvalue weighted by molar-refractivity contribution is 7.47. The summed E-state index contributed by atoms with van der Waals surface area (Å²) in [4.78, 5) is 34.4. The van der Waals surface area contributed by atoms with Crippen LogP contribution in [0.15, 0.2) is 36.5 Å². The van der Waals surface area contributed by atoms with Gasteiger partial charge in [0.2, 0.25) is 0 Å². The summed E-state index contributed by atoms with van der Waals surface area (Å²) in [5, 5.41) is 0. The highest BCUT2D eigenvalue weighted by Gasteiger charge is 2.24. The number of ether oxygens (including phenoxy) is 2. The van der Waals surface area contributed by atoms with E-state index >= 15 is 0 Å². The Morgan fingerprint density at radius 3 is 1.38 bits per heavy atom. The summed E-state index contributed by atoms with van der Waals surface area (Å²) in [5.41, 5.74) is 0. The van der Waals surface area contributed by atoms with Crippen LogP contribution in [0.5, 0.6) is 0 Å². The predicted octanol–water partition coefficient (Wildman–Crippen LogP) is 13.2. The fourth-order valence-electron chi connectivity index (χ4n) is 5.80. The first-order chi connectivity index (χ1) is 25.3. The zero-order chi connectivity index (χ0) is 38.2. The maximum atomic E-state index is 12.5. The van der Waals surface area contributed by atoms with Crippen molar-refractivity contribution in [2.45, 2.75) is 206 Å². The van der Waals surface area contributed by atoms with Gasteiger partial charge in [-0.1, -0.05) is 153 Å². The molecule has 0 spiro atoms. The van der Waals surface area contributed by atoms with Gasteiger partial charge in [0.15, 0.2) is 6.10 Å². The van der Waals surface area contributed by atoms with Crippen molar-refractivity contribution < 1.29 is 37.6 Å². The maximum Gasteiger partial charge on any atom is 0.472 e. The van der Waals surface area contributed by atoms with Crippen molar-refractivity contribution >= 4 is 19.8 Å². The Morgan fingerprint density at radius 2 is 0.923 bits per heavy atom. The van der Waals surface area contributed by atoms with Crippen LogP contribution in [0.3, 0.4) is 0 Å². The molecule has 0 aliphatic heterocycles. The van der Waals surface area contributed by atoms with Gasteiger partial charge in [0.25, 0.3) is 0 Å². The van der Waals surface area contributed by atoms with Crippen LogP contribution in [0.2, 0.25) is 0 Å². The van der Waals surface area contributed by atoms with E-state index in [-0.39, 0.29) is 25.4 Å². The van der Waals surface area contributed by atoms with Gasteiger partial charge in [-0.25, -0.2) is 4.57 Å². The van der Waals surface area contributed by atoms with Crippen molar-refractivity contribution in [3.8, 4) is 0 Å². The molecule has 304 valence electrons. The Morgan fingerprint density at radius 1 is 0.538 bits per heavy atom. The minimum atomic E-state index is -4.26. The minimum absolute atomic E-state index is 0.228. The lowest BCUT2D eigenvalue weighted by Gasteiger charge is -2.19. The normalized spacial score (nSPS) is 13.7. The Bertz CT molecular complexity index is 947. The van der Waals surface area contributed by atoms with Crippen molar-refractivity contribution in [3.05, 3.63) is 36.5 Å². The second-order valence-electron chi connectivity index (χ2n) is 14.1. The molecule has 0 aliphatic carbocycles. The highest BCUT2D eigenvalue weighted by Crippen LogP contribution is 2.42. The van der Waals surface area contributed by atoms with Gasteiger partial charge in [-0.15, -0.1) is 0 Å². The van der Waals surface area contributed by atoms with Crippen LogP contribution in [0.4, 0.5) is 0 Å². The summed E-state index contributed by atoms with van der Waals surface area (Å²) in [7, 11) is -3.21. The molecule has 0 aliphatic rings. The zero-order valence-corrected chi connectivity index (χ0v) is 34.6. The van der Waals surface area contributed by atoms with E-state index in [0.717, 1.165) is 64.9 Å². The van der Waals surface area contributed by atoms with Gasteiger partial charge in [-0.2, -0.15) is 0 Å². The van der Waals surface area contributed by atoms with Crippen molar-refractivity contribution in [1.29, 1.82) is 0 Å². The first-order valence-corrected chi connectivity index (χ1v) is 22.7. The summed E-state index contributed by atoms with van der Waals surface area (Å²) in [6.07, 6.45) is 44.7. The van der Waals surface area contributed by atoms with Gasteiger partial charge >= 0.3 is 19.8 Å². The van der Waals surface area contributed by atoms with Crippen LogP contribution < -0.4 is 0 Å². The van der Waals surface area contributed by atoms with Crippen LogP contribution in [0.25, 0.3) is 0 Å². The third-order valence-corrected chi connectivity index (χ3v) is 10.0. The maximum absolute atomic E-state index is 12.5. The van der Waals surface area contributed by atoms with Crippen LogP contribution in [-0.2, 0) is 32.7 Å². The standard InChI is InChI=1S/C43H79O8P/c1-4-6-8-10-12-14-16-18-20-22-24-25-27-29-31-33-35-37-42(44)49-39-41(40-50-52(46,47)48-3)51-43(45)38-36-34-32-30-28-26-23-21-19-17-15-13-11-9-7-5-2/h15,17-18,20-21,23,41H,4-14,16,19,22,24-40H2,1-3H3,(H,46,47)/b17-15-,20-18-,23-21-. The summed E-state index contributed by atoms with van der Waals surface area (Å²) in [6.45, 7) is 3.86. The molecule has 8 nitrogen and oxygen atoms in total.